The van der Waals surface area contributed by atoms with Crippen molar-refractivity contribution in [3.8, 4) is 5.75 Å². The van der Waals surface area contributed by atoms with Gasteiger partial charge >= 0.3 is 0 Å². The molecule has 1 aromatic rings. The van der Waals surface area contributed by atoms with E-state index in [-0.39, 0.29) is 0 Å². The van der Waals surface area contributed by atoms with Crippen LogP contribution in [0, 0.1) is 0 Å². The third-order valence-corrected chi connectivity index (χ3v) is 2.65. The monoisotopic (exact) mass is 225 g/mol. The van der Waals surface area contributed by atoms with Crippen LogP contribution in [0.1, 0.15) is 18.1 Å². The van der Waals surface area contributed by atoms with Crippen molar-refractivity contribution in [3.63, 3.8) is 0 Å². The molecule has 0 aromatic heterocycles. The summed E-state index contributed by atoms with van der Waals surface area (Å²) in [6, 6.07) is 6.39. The molecule has 0 bridgehead atoms. The molecule has 0 aliphatic heterocycles. The molecule has 0 saturated carbocycles. The molecule has 15 heavy (non-hydrogen) atoms. The van der Waals surface area contributed by atoms with Crippen LogP contribution < -0.4 is 10.1 Å². The molecule has 0 atom stereocenters. The minimum atomic E-state index is 0.733. The Morgan fingerprint density at radius 3 is 2.80 bits per heavy atom. The van der Waals surface area contributed by atoms with Crippen molar-refractivity contribution in [2.24, 2.45) is 0 Å². The number of nitrogens with one attached hydrogen (secondary N) is 1. The van der Waals surface area contributed by atoms with E-state index >= 15 is 0 Å². The molecule has 2 nitrogen and oxygen atoms in total. The van der Waals surface area contributed by atoms with E-state index in [2.05, 4.69) is 43.1 Å². The van der Waals surface area contributed by atoms with Gasteiger partial charge in [0.2, 0.25) is 0 Å². The zero-order chi connectivity index (χ0) is 11.1. The zero-order valence-corrected chi connectivity index (χ0v) is 10.3. The van der Waals surface area contributed by atoms with Gasteiger partial charge in [0.1, 0.15) is 5.75 Å². The van der Waals surface area contributed by atoms with Crippen LogP contribution in [0.4, 0.5) is 0 Å². The Bertz CT molecular complexity index is 302. The number of hydrogen-bond acceptors (Lipinski definition) is 3. The van der Waals surface area contributed by atoms with Crippen LogP contribution in [0.3, 0.4) is 0 Å². The fourth-order valence-corrected chi connectivity index (χ4v) is 1.73. The van der Waals surface area contributed by atoms with Gasteiger partial charge < -0.3 is 10.1 Å². The van der Waals surface area contributed by atoms with Crippen LogP contribution in [0.25, 0.3) is 0 Å². The molecule has 0 unspecified atom stereocenters. The average Bonchev–Trinajstić information content (AvgIpc) is 2.29. The quantitative estimate of drug-likeness (QED) is 0.440. The number of aryl methyl sites for hydroxylation is 1. The van der Waals surface area contributed by atoms with Crippen molar-refractivity contribution >= 4 is 12.6 Å². The predicted octanol–water partition coefficient (Wildman–Crippen LogP) is 2.28. The molecule has 0 aliphatic carbocycles. The Kier molecular flexibility index (Phi) is 5.58. The van der Waals surface area contributed by atoms with Crippen molar-refractivity contribution in [1.29, 1.82) is 0 Å². The molecule has 0 heterocycles. The molecule has 0 spiro atoms. The van der Waals surface area contributed by atoms with Gasteiger partial charge in [-0.25, -0.2) is 0 Å². The average molecular weight is 225 g/mol. The fourth-order valence-electron chi connectivity index (χ4n) is 1.58. The van der Waals surface area contributed by atoms with E-state index in [0.717, 1.165) is 31.0 Å². The van der Waals surface area contributed by atoms with E-state index in [1.165, 1.54) is 11.1 Å². The number of hydrogen-bond donors (Lipinski definition) is 2. The van der Waals surface area contributed by atoms with Crippen molar-refractivity contribution in [1.82, 2.24) is 5.32 Å². The van der Waals surface area contributed by atoms with Crippen molar-refractivity contribution in [2.75, 3.05) is 19.5 Å². The topological polar surface area (TPSA) is 21.3 Å². The lowest BCUT2D eigenvalue weighted by Gasteiger charge is -2.09. The highest BCUT2D eigenvalue weighted by Crippen LogP contribution is 2.20. The first-order valence-electron chi connectivity index (χ1n) is 5.29. The summed E-state index contributed by atoms with van der Waals surface area (Å²) in [4.78, 5) is 0. The lowest BCUT2D eigenvalue weighted by molar-refractivity contribution is 0.410. The number of benzene rings is 1. The molecule has 3 heteroatoms. The Morgan fingerprint density at radius 2 is 2.20 bits per heavy atom. The molecule has 1 aromatic carbocycles. The maximum Gasteiger partial charge on any atom is 0.122 e. The molecule has 84 valence electrons. The Labute approximate surface area is 97.4 Å². The summed E-state index contributed by atoms with van der Waals surface area (Å²) in [5.41, 5.74) is 2.63. The maximum atomic E-state index is 5.29. The number of rotatable bonds is 6. The van der Waals surface area contributed by atoms with Crippen molar-refractivity contribution < 1.29 is 4.74 Å². The van der Waals surface area contributed by atoms with E-state index in [1.54, 1.807) is 7.11 Å². The van der Waals surface area contributed by atoms with Crippen LogP contribution in [-0.2, 0) is 12.8 Å². The van der Waals surface area contributed by atoms with Crippen molar-refractivity contribution in [3.05, 3.63) is 29.3 Å². The van der Waals surface area contributed by atoms with Gasteiger partial charge in [-0.3, -0.25) is 0 Å². The van der Waals surface area contributed by atoms with Crippen LogP contribution in [0.2, 0.25) is 0 Å². The van der Waals surface area contributed by atoms with Gasteiger partial charge in [-0.2, -0.15) is 12.6 Å². The second kappa shape index (κ2) is 6.75. The van der Waals surface area contributed by atoms with Gasteiger partial charge in [-0.05, 0) is 36.6 Å². The summed E-state index contributed by atoms with van der Waals surface area (Å²) in [5.74, 6) is 1.72. The van der Waals surface area contributed by atoms with E-state index in [1.807, 2.05) is 0 Å². The van der Waals surface area contributed by atoms with E-state index < -0.39 is 0 Å². The van der Waals surface area contributed by atoms with E-state index in [0.29, 0.717) is 0 Å². The summed E-state index contributed by atoms with van der Waals surface area (Å²) < 4.78 is 5.29. The van der Waals surface area contributed by atoms with E-state index in [4.69, 9.17) is 4.74 Å². The molecule has 0 radical (unpaired) electrons. The Morgan fingerprint density at radius 1 is 1.40 bits per heavy atom. The van der Waals surface area contributed by atoms with Gasteiger partial charge in [-0.1, -0.05) is 19.1 Å². The van der Waals surface area contributed by atoms with E-state index in [9.17, 15) is 0 Å². The highest BCUT2D eigenvalue weighted by atomic mass is 32.1. The minimum absolute atomic E-state index is 0.733. The summed E-state index contributed by atoms with van der Waals surface area (Å²) in [6.45, 7) is 3.12. The van der Waals surface area contributed by atoms with Gasteiger partial charge in [-0.15, -0.1) is 0 Å². The molecular weight excluding hydrogens is 206 g/mol. The molecule has 1 rings (SSSR count). The second-order valence-corrected chi connectivity index (χ2v) is 3.72. The molecule has 0 saturated heterocycles. The standard InChI is InChI=1S/C12H19NOS/c1-3-11-8-10(6-7-13-9-15)4-5-12(11)14-2/h4-5,8,13,15H,3,6-7,9H2,1-2H3. The van der Waals surface area contributed by atoms with Crippen LogP contribution >= 0.6 is 12.6 Å². The third kappa shape index (κ3) is 3.76. The number of ether oxygens (including phenoxy) is 1. The molecule has 1 N–H and O–H groups in total. The summed E-state index contributed by atoms with van der Waals surface area (Å²) in [6.07, 6.45) is 2.05. The molecule has 0 amide bonds. The third-order valence-electron chi connectivity index (χ3n) is 2.43. The molecule has 0 aliphatic rings. The van der Waals surface area contributed by atoms with Gasteiger partial charge in [0.05, 0.1) is 7.11 Å². The summed E-state index contributed by atoms with van der Waals surface area (Å²) in [7, 11) is 1.72. The normalized spacial score (nSPS) is 10.3. The molecule has 0 fully saturated rings. The first-order chi connectivity index (χ1) is 7.31. The lowest BCUT2D eigenvalue weighted by Crippen LogP contribution is -2.14. The van der Waals surface area contributed by atoms with Crippen LogP contribution in [-0.4, -0.2) is 19.5 Å². The van der Waals surface area contributed by atoms with Gasteiger partial charge in [0.15, 0.2) is 0 Å². The number of thiol groups is 1. The van der Waals surface area contributed by atoms with Crippen LogP contribution in [0.15, 0.2) is 18.2 Å². The Hall–Kier alpha value is -0.670. The van der Waals surface area contributed by atoms with Crippen LogP contribution in [0.5, 0.6) is 5.75 Å². The summed E-state index contributed by atoms with van der Waals surface area (Å²) >= 11 is 4.11. The predicted molar refractivity (Wildman–Crippen MR) is 67.9 cm³/mol. The zero-order valence-electron chi connectivity index (χ0n) is 9.42. The smallest absolute Gasteiger partial charge is 0.122 e. The molecular formula is C12H19NOS. The highest BCUT2D eigenvalue weighted by molar-refractivity contribution is 7.80. The fraction of sp³-hybridized carbons (Fsp3) is 0.500. The second-order valence-electron chi connectivity index (χ2n) is 3.41. The maximum absolute atomic E-state index is 5.29. The lowest BCUT2D eigenvalue weighted by atomic mass is 10.1. The van der Waals surface area contributed by atoms with Gasteiger partial charge in [0.25, 0.3) is 0 Å². The SMILES string of the molecule is CCc1cc(CCNCS)ccc1OC. The highest BCUT2D eigenvalue weighted by Gasteiger charge is 2.01. The largest absolute Gasteiger partial charge is 0.496 e. The van der Waals surface area contributed by atoms with Gasteiger partial charge in [0, 0.05) is 5.88 Å². The summed E-state index contributed by atoms with van der Waals surface area (Å²) in [5, 5.41) is 3.20. The minimum Gasteiger partial charge on any atom is -0.496 e. The number of methoxy groups -OCH3 is 1. The first-order valence-corrected chi connectivity index (χ1v) is 5.92. The Balaban J connectivity index is 2.66. The van der Waals surface area contributed by atoms with Crippen molar-refractivity contribution in [2.45, 2.75) is 19.8 Å². The first kappa shape index (κ1) is 12.4.